The Morgan fingerprint density at radius 3 is 2.55 bits per heavy atom. The summed E-state index contributed by atoms with van der Waals surface area (Å²) in [4.78, 5) is 29.6. The van der Waals surface area contributed by atoms with Crippen molar-refractivity contribution < 1.29 is 4.79 Å². The minimum atomic E-state index is -0.129. The van der Waals surface area contributed by atoms with Gasteiger partial charge in [-0.1, -0.05) is 12.1 Å². The highest BCUT2D eigenvalue weighted by Gasteiger charge is 2.23. The monoisotopic (exact) mass is 385 g/mol. The van der Waals surface area contributed by atoms with Crippen LogP contribution in [0.3, 0.4) is 0 Å². The molecule has 8 heteroatoms. The zero-order valence-corrected chi connectivity index (χ0v) is 15.7. The molecule has 0 saturated carbocycles. The summed E-state index contributed by atoms with van der Waals surface area (Å²) in [5, 5.41) is 12.1. The molecule has 1 aliphatic heterocycles. The Morgan fingerprint density at radius 2 is 1.86 bits per heavy atom. The van der Waals surface area contributed by atoms with Crippen LogP contribution in [0.1, 0.15) is 16.1 Å². The van der Waals surface area contributed by atoms with Gasteiger partial charge in [0.25, 0.3) is 5.91 Å². The standard InChI is InChI=1S/C21H19N7O/c22-13-16-4-3-5-17(12-16)26-19-15-24-18(14-25-19)21(29)28-10-8-27(9-11-28)20-6-1-2-7-23-20/h1-7,12,14-15H,8-11H2,(H,25,26). The average molecular weight is 385 g/mol. The first-order valence-electron chi connectivity index (χ1n) is 9.27. The first kappa shape index (κ1) is 18.4. The van der Waals surface area contributed by atoms with E-state index in [0.717, 1.165) is 24.6 Å². The van der Waals surface area contributed by atoms with Crippen LogP contribution >= 0.6 is 0 Å². The fourth-order valence-electron chi connectivity index (χ4n) is 3.16. The molecule has 0 radical (unpaired) electrons. The van der Waals surface area contributed by atoms with Gasteiger partial charge in [0.05, 0.1) is 24.0 Å². The minimum Gasteiger partial charge on any atom is -0.353 e. The average Bonchev–Trinajstić information content (AvgIpc) is 2.80. The zero-order valence-electron chi connectivity index (χ0n) is 15.7. The number of nitriles is 1. The molecule has 29 heavy (non-hydrogen) atoms. The molecule has 4 rings (SSSR count). The molecule has 1 saturated heterocycles. The van der Waals surface area contributed by atoms with Crippen molar-refractivity contribution in [2.45, 2.75) is 0 Å². The fourth-order valence-corrected chi connectivity index (χ4v) is 3.16. The molecule has 1 aromatic carbocycles. The molecule has 1 fully saturated rings. The van der Waals surface area contributed by atoms with Gasteiger partial charge in [-0.05, 0) is 30.3 Å². The number of benzene rings is 1. The van der Waals surface area contributed by atoms with Crippen LogP contribution in [0.25, 0.3) is 0 Å². The molecule has 2 aromatic heterocycles. The number of carbonyl (C=O) groups is 1. The highest BCUT2D eigenvalue weighted by atomic mass is 16.2. The van der Waals surface area contributed by atoms with Crippen molar-refractivity contribution in [2.75, 3.05) is 36.4 Å². The Bertz CT molecular complexity index is 1020. The van der Waals surface area contributed by atoms with Gasteiger partial charge in [0, 0.05) is 38.1 Å². The Kier molecular flexibility index (Phi) is 5.29. The van der Waals surface area contributed by atoms with Gasteiger partial charge in [-0.15, -0.1) is 0 Å². The van der Waals surface area contributed by atoms with Crippen LogP contribution in [0.5, 0.6) is 0 Å². The van der Waals surface area contributed by atoms with E-state index in [9.17, 15) is 4.79 Å². The second-order valence-corrected chi connectivity index (χ2v) is 6.57. The van der Waals surface area contributed by atoms with E-state index in [1.165, 1.54) is 12.4 Å². The zero-order chi connectivity index (χ0) is 20.1. The van der Waals surface area contributed by atoms with Crippen LogP contribution < -0.4 is 10.2 Å². The lowest BCUT2D eigenvalue weighted by Crippen LogP contribution is -2.49. The van der Waals surface area contributed by atoms with E-state index in [0.29, 0.717) is 30.2 Å². The maximum Gasteiger partial charge on any atom is 0.274 e. The van der Waals surface area contributed by atoms with Crippen LogP contribution in [0.2, 0.25) is 0 Å². The Hall–Kier alpha value is -3.99. The second kappa shape index (κ2) is 8.35. The highest BCUT2D eigenvalue weighted by Crippen LogP contribution is 2.16. The smallest absolute Gasteiger partial charge is 0.274 e. The first-order chi connectivity index (χ1) is 14.2. The van der Waals surface area contributed by atoms with Gasteiger partial charge in [-0.25, -0.2) is 15.0 Å². The third kappa shape index (κ3) is 4.30. The number of hydrogen-bond donors (Lipinski definition) is 1. The molecule has 144 valence electrons. The van der Waals surface area contributed by atoms with Crippen LogP contribution in [-0.4, -0.2) is 51.9 Å². The number of anilines is 3. The van der Waals surface area contributed by atoms with E-state index in [1.54, 1.807) is 29.3 Å². The number of hydrogen-bond acceptors (Lipinski definition) is 7. The summed E-state index contributed by atoms with van der Waals surface area (Å²) in [7, 11) is 0. The maximum atomic E-state index is 12.7. The fraction of sp³-hybridized carbons (Fsp3) is 0.190. The summed E-state index contributed by atoms with van der Waals surface area (Å²) in [5.41, 5.74) is 1.61. The predicted molar refractivity (Wildman–Crippen MR) is 109 cm³/mol. The third-order valence-electron chi connectivity index (χ3n) is 4.68. The summed E-state index contributed by atoms with van der Waals surface area (Å²) in [6.07, 6.45) is 4.77. The van der Waals surface area contributed by atoms with E-state index in [-0.39, 0.29) is 5.91 Å². The number of nitrogens with one attached hydrogen (secondary N) is 1. The second-order valence-electron chi connectivity index (χ2n) is 6.57. The van der Waals surface area contributed by atoms with Gasteiger partial charge in [0.1, 0.15) is 17.3 Å². The molecule has 0 spiro atoms. The number of nitrogens with zero attached hydrogens (tertiary/aromatic N) is 6. The lowest BCUT2D eigenvalue weighted by molar-refractivity contribution is 0.0740. The minimum absolute atomic E-state index is 0.129. The number of aromatic nitrogens is 3. The van der Waals surface area contributed by atoms with Crippen LogP contribution in [0.4, 0.5) is 17.3 Å². The summed E-state index contributed by atoms with van der Waals surface area (Å²) in [6.45, 7) is 2.67. The lowest BCUT2D eigenvalue weighted by atomic mass is 10.2. The van der Waals surface area contributed by atoms with Gasteiger partial charge in [0.15, 0.2) is 0 Å². The van der Waals surface area contributed by atoms with Crippen molar-refractivity contribution in [3.05, 3.63) is 72.3 Å². The molecule has 1 N–H and O–H groups in total. The molecular formula is C21H19N7O. The van der Waals surface area contributed by atoms with Crippen LogP contribution in [0, 0.1) is 11.3 Å². The van der Waals surface area contributed by atoms with Crippen LogP contribution in [-0.2, 0) is 0 Å². The summed E-state index contributed by atoms with van der Waals surface area (Å²) < 4.78 is 0. The van der Waals surface area contributed by atoms with E-state index >= 15 is 0 Å². The Balaban J connectivity index is 1.36. The van der Waals surface area contributed by atoms with Gasteiger partial charge < -0.3 is 15.1 Å². The molecule has 0 atom stereocenters. The van der Waals surface area contributed by atoms with Gasteiger partial charge in [0.2, 0.25) is 0 Å². The van der Waals surface area contributed by atoms with Gasteiger partial charge in [-0.3, -0.25) is 4.79 Å². The number of pyridine rings is 1. The highest BCUT2D eigenvalue weighted by molar-refractivity contribution is 5.92. The molecule has 1 amide bonds. The predicted octanol–water partition coefficient (Wildman–Crippen LogP) is 2.45. The number of rotatable bonds is 4. The van der Waals surface area contributed by atoms with E-state index in [4.69, 9.17) is 5.26 Å². The van der Waals surface area contributed by atoms with E-state index in [2.05, 4.69) is 31.2 Å². The molecule has 8 nitrogen and oxygen atoms in total. The number of piperazine rings is 1. The summed E-state index contributed by atoms with van der Waals surface area (Å²) in [6, 6.07) is 15.0. The molecule has 0 unspecified atom stereocenters. The maximum absolute atomic E-state index is 12.7. The van der Waals surface area contributed by atoms with Crippen molar-refractivity contribution in [3.63, 3.8) is 0 Å². The largest absolute Gasteiger partial charge is 0.353 e. The van der Waals surface area contributed by atoms with Crippen LogP contribution in [0.15, 0.2) is 61.1 Å². The Labute approximate surface area is 168 Å². The summed E-state index contributed by atoms with van der Waals surface area (Å²) >= 11 is 0. The molecular weight excluding hydrogens is 366 g/mol. The van der Waals surface area contributed by atoms with Crippen molar-refractivity contribution in [2.24, 2.45) is 0 Å². The van der Waals surface area contributed by atoms with Crippen molar-refractivity contribution in [1.29, 1.82) is 5.26 Å². The molecule has 3 heterocycles. The topological polar surface area (TPSA) is 98.0 Å². The first-order valence-corrected chi connectivity index (χ1v) is 9.27. The lowest BCUT2D eigenvalue weighted by Gasteiger charge is -2.35. The molecule has 1 aliphatic rings. The Morgan fingerprint density at radius 1 is 1.00 bits per heavy atom. The number of carbonyl (C=O) groups excluding carboxylic acids is 1. The van der Waals surface area contributed by atoms with Gasteiger partial charge >= 0.3 is 0 Å². The number of amides is 1. The van der Waals surface area contributed by atoms with Crippen molar-refractivity contribution in [3.8, 4) is 6.07 Å². The normalized spacial score (nSPS) is 13.6. The van der Waals surface area contributed by atoms with Crippen molar-refractivity contribution >= 4 is 23.2 Å². The van der Waals surface area contributed by atoms with Crippen molar-refractivity contribution in [1.82, 2.24) is 19.9 Å². The van der Waals surface area contributed by atoms with Gasteiger partial charge in [-0.2, -0.15) is 5.26 Å². The summed E-state index contributed by atoms with van der Waals surface area (Å²) in [5.74, 6) is 1.31. The quantitative estimate of drug-likeness (QED) is 0.736. The molecule has 0 bridgehead atoms. The van der Waals surface area contributed by atoms with E-state index < -0.39 is 0 Å². The molecule has 3 aromatic rings. The van der Waals surface area contributed by atoms with E-state index in [1.807, 2.05) is 24.3 Å². The molecule has 0 aliphatic carbocycles. The SMILES string of the molecule is N#Cc1cccc(Nc2cnc(C(=O)N3CCN(c4ccccn4)CC3)cn2)c1. The third-order valence-corrected chi connectivity index (χ3v) is 4.68.